The molecule has 0 aromatic carbocycles. The van der Waals surface area contributed by atoms with Gasteiger partial charge in [0.1, 0.15) is 6.29 Å². The van der Waals surface area contributed by atoms with Crippen LogP contribution in [0.4, 0.5) is 0 Å². The van der Waals surface area contributed by atoms with E-state index in [1.165, 1.54) is 39.0 Å². The zero-order chi connectivity index (χ0) is 30.9. The molecule has 0 fully saturated rings. The van der Waals surface area contributed by atoms with Crippen molar-refractivity contribution in [3.8, 4) is 0 Å². The highest BCUT2D eigenvalue weighted by atomic mass is 16.1. The van der Waals surface area contributed by atoms with Crippen molar-refractivity contribution in [1.29, 1.82) is 0 Å². The van der Waals surface area contributed by atoms with E-state index in [4.69, 9.17) is 0 Å². The fourth-order valence-corrected chi connectivity index (χ4v) is 3.40. The first-order valence-electron chi connectivity index (χ1n) is 14.7. The standard InChI is InChI=1S/C40H54O/c1-33(2)18-12-21-36(5)24-15-27-37(6)25-13-22-34(3)19-10-11-20-35(4)23-14-26-38(7)28-16-29-39(8)30-17-31-40(9)32-41/h10-11,13-16,18-20,22-29,31-32H,12,17,21,30H2,1-9H3/b11-10+,22-13+,23-14+,27-15+,28-16+,34-19+,35-20+,36-24+,37-25+,38-26+,39-29+,40-31+. The molecule has 1 heteroatoms. The molecule has 0 atom stereocenters. The Hall–Kier alpha value is -3.71. The Bertz CT molecular complexity index is 1200. The minimum absolute atomic E-state index is 0.796. The Morgan fingerprint density at radius 2 is 0.756 bits per heavy atom. The van der Waals surface area contributed by atoms with Gasteiger partial charge in [0.15, 0.2) is 0 Å². The van der Waals surface area contributed by atoms with Crippen molar-refractivity contribution in [1.82, 2.24) is 0 Å². The molecule has 220 valence electrons. The van der Waals surface area contributed by atoms with Gasteiger partial charge >= 0.3 is 0 Å². The molecular weight excluding hydrogens is 496 g/mol. The molecule has 0 unspecified atom stereocenters. The van der Waals surface area contributed by atoms with Crippen LogP contribution in [0, 0.1) is 0 Å². The Morgan fingerprint density at radius 1 is 0.415 bits per heavy atom. The van der Waals surface area contributed by atoms with E-state index in [9.17, 15) is 4.79 Å². The van der Waals surface area contributed by atoms with Crippen molar-refractivity contribution in [3.05, 3.63) is 154 Å². The molecular formula is C40H54O. The second-order valence-corrected chi connectivity index (χ2v) is 10.9. The molecule has 1 nitrogen and oxygen atoms in total. The molecule has 0 amide bonds. The molecule has 0 rings (SSSR count). The summed E-state index contributed by atoms with van der Waals surface area (Å²) in [7, 11) is 0. The van der Waals surface area contributed by atoms with E-state index < -0.39 is 0 Å². The van der Waals surface area contributed by atoms with E-state index >= 15 is 0 Å². The van der Waals surface area contributed by atoms with Gasteiger partial charge in [-0.2, -0.15) is 0 Å². The lowest BCUT2D eigenvalue weighted by molar-refractivity contribution is -0.104. The van der Waals surface area contributed by atoms with Crippen LogP contribution in [0.25, 0.3) is 0 Å². The zero-order valence-electron chi connectivity index (χ0n) is 27.2. The van der Waals surface area contributed by atoms with Gasteiger partial charge in [0, 0.05) is 0 Å². The highest BCUT2D eigenvalue weighted by molar-refractivity contribution is 5.71. The minimum atomic E-state index is 0.796. The molecule has 0 aliphatic carbocycles. The Morgan fingerprint density at radius 3 is 1.12 bits per heavy atom. The molecule has 0 saturated carbocycles. The first-order valence-corrected chi connectivity index (χ1v) is 14.7. The quantitative estimate of drug-likeness (QED) is 0.0761. The fourth-order valence-electron chi connectivity index (χ4n) is 3.40. The largest absolute Gasteiger partial charge is 0.298 e. The number of carbonyl (C=O) groups is 1. The molecule has 0 aliphatic rings. The summed E-state index contributed by atoms with van der Waals surface area (Å²) in [5, 5.41) is 0. The average molecular weight is 551 g/mol. The summed E-state index contributed by atoms with van der Waals surface area (Å²) in [6.45, 7) is 18.9. The normalized spacial score (nSPS) is 15.5. The Labute approximate surface area is 252 Å². The summed E-state index contributed by atoms with van der Waals surface area (Å²) in [6.07, 6.45) is 43.1. The van der Waals surface area contributed by atoms with Gasteiger partial charge in [-0.3, -0.25) is 4.79 Å². The van der Waals surface area contributed by atoms with E-state index in [1.807, 2.05) is 13.0 Å². The molecule has 41 heavy (non-hydrogen) atoms. The van der Waals surface area contributed by atoms with Crippen molar-refractivity contribution >= 4 is 6.29 Å². The SMILES string of the molecule is CC(C)=CCC/C(C)=C/C=C/C(C)=C/C=C/C(C)=C/C=C/C=C(C)/C=C/C=C(C)/C=C/C=C(\C)CC/C=C(\C)C=O. The van der Waals surface area contributed by atoms with Crippen LogP contribution in [0.3, 0.4) is 0 Å². The first-order chi connectivity index (χ1) is 19.5. The van der Waals surface area contributed by atoms with Crippen LogP contribution in [0.15, 0.2) is 154 Å². The number of aldehydes is 1. The maximum atomic E-state index is 10.6. The number of rotatable bonds is 17. The Balaban J connectivity index is 4.71. The molecule has 0 N–H and O–H groups in total. The summed E-state index contributed by atoms with van der Waals surface area (Å²) in [4.78, 5) is 10.6. The van der Waals surface area contributed by atoms with Crippen LogP contribution in [0.2, 0.25) is 0 Å². The summed E-state index contributed by atoms with van der Waals surface area (Å²) in [6, 6.07) is 0. The third kappa shape index (κ3) is 25.0. The monoisotopic (exact) mass is 550 g/mol. The lowest BCUT2D eigenvalue weighted by atomic mass is 10.1. The summed E-state index contributed by atoms with van der Waals surface area (Å²) in [5.41, 5.74) is 9.69. The third-order valence-corrected chi connectivity index (χ3v) is 6.03. The highest BCUT2D eigenvalue weighted by Gasteiger charge is 1.89. The average Bonchev–Trinajstić information content (AvgIpc) is 2.90. The summed E-state index contributed by atoms with van der Waals surface area (Å²) in [5.74, 6) is 0. The van der Waals surface area contributed by atoms with Gasteiger partial charge in [0.05, 0.1) is 0 Å². The van der Waals surface area contributed by atoms with Crippen molar-refractivity contribution in [2.45, 2.75) is 88.0 Å². The van der Waals surface area contributed by atoms with E-state index in [2.05, 4.69) is 159 Å². The second-order valence-electron chi connectivity index (χ2n) is 10.9. The Kier molecular flexibility index (Phi) is 21.9. The predicted octanol–water partition coefficient (Wildman–Crippen LogP) is 12.1. The van der Waals surface area contributed by atoms with Crippen LogP contribution in [-0.4, -0.2) is 6.29 Å². The van der Waals surface area contributed by atoms with Crippen LogP contribution in [0.1, 0.15) is 88.0 Å². The highest BCUT2D eigenvalue weighted by Crippen LogP contribution is 2.09. The smallest absolute Gasteiger partial charge is 0.145 e. The molecule has 0 bridgehead atoms. The molecule has 0 aliphatic heterocycles. The van der Waals surface area contributed by atoms with Gasteiger partial charge < -0.3 is 0 Å². The van der Waals surface area contributed by atoms with Gasteiger partial charge in [-0.05, 0) is 93.6 Å². The predicted molar refractivity (Wildman–Crippen MR) is 186 cm³/mol. The number of allylic oxidation sites excluding steroid dienone is 26. The third-order valence-electron chi connectivity index (χ3n) is 6.03. The van der Waals surface area contributed by atoms with Crippen LogP contribution in [0.5, 0.6) is 0 Å². The summed E-state index contributed by atoms with van der Waals surface area (Å²) < 4.78 is 0. The molecule has 0 heterocycles. The van der Waals surface area contributed by atoms with Crippen molar-refractivity contribution in [2.24, 2.45) is 0 Å². The summed E-state index contributed by atoms with van der Waals surface area (Å²) >= 11 is 0. The molecule has 0 radical (unpaired) electrons. The van der Waals surface area contributed by atoms with E-state index in [0.717, 1.165) is 37.5 Å². The lowest BCUT2D eigenvalue weighted by Crippen LogP contribution is -1.79. The zero-order valence-corrected chi connectivity index (χ0v) is 27.2. The van der Waals surface area contributed by atoms with Crippen molar-refractivity contribution in [2.75, 3.05) is 0 Å². The van der Waals surface area contributed by atoms with E-state index in [0.29, 0.717) is 0 Å². The fraction of sp³-hybridized carbons (Fsp3) is 0.325. The van der Waals surface area contributed by atoms with Crippen molar-refractivity contribution < 1.29 is 4.79 Å². The molecule has 0 aromatic heterocycles. The molecule has 0 spiro atoms. The van der Waals surface area contributed by atoms with Crippen LogP contribution >= 0.6 is 0 Å². The van der Waals surface area contributed by atoms with E-state index in [1.54, 1.807) is 0 Å². The van der Waals surface area contributed by atoms with Gasteiger partial charge in [-0.25, -0.2) is 0 Å². The van der Waals surface area contributed by atoms with E-state index in [-0.39, 0.29) is 0 Å². The topological polar surface area (TPSA) is 17.1 Å². The first kappa shape index (κ1) is 37.3. The maximum Gasteiger partial charge on any atom is 0.145 e. The van der Waals surface area contributed by atoms with Gasteiger partial charge in [0.25, 0.3) is 0 Å². The van der Waals surface area contributed by atoms with Gasteiger partial charge in [-0.1, -0.05) is 148 Å². The number of carbonyl (C=O) groups excluding carboxylic acids is 1. The second kappa shape index (κ2) is 24.1. The lowest BCUT2D eigenvalue weighted by Gasteiger charge is -1.96. The van der Waals surface area contributed by atoms with Crippen molar-refractivity contribution in [3.63, 3.8) is 0 Å². The molecule has 0 aromatic rings. The molecule has 0 saturated heterocycles. The van der Waals surface area contributed by atoms with Gasteiger partial charge in [-0.15, -0.1) is 0 Å². The van der Waals surface area contributed by atoms with Crippen LogP contribution in [-0.2, 0) is 4.79 Å². The number of hydrogen-bond acceptors (Lipinski definition) is 1. The van der Waals surface area contributed by atoms with Crippen LogP contribution < -0.4 is 0 Å². The maximum absolute atomic E-state index is 10.6. The number of hydrogen-bond donors (Lipinski definition) is 0. The van der Waals surface area contributed by atoms with Gasteiger partial charge in [0.2, 0.25) is 0 Å². The minimum Gasteiger partial charge on any atom is -0.298 e.